The average molecular weight is 219 g/mol. The fourth-order valence-corrected chi connectivity index (χ4v) is 2.09. The third-order valence-electron chi connectivity index (χ3n) is 1.43. The maximum atomic E-state index is 3.44. The fourth-order valence-electron chi connectivity index (χ4n) is 0.703. The standard InChI is InChI=1S/C8H11BrS/c1-8(2,3)6-4-7(9)10-5-6/h4-5H,1-3H3. The Balaban J connectivity index is 2.96. The highest BCUT2D eigenvalue weighted by molar-refractivity contribution is 9.11. The molecule has 1 aromatic rings. The maximum Gasteiger partial charge on any atom is 0.0701 e. The van der Waals surface area contributed by atoms with Crippen LogP contribution in [0.2, 0.25) is 0 Å². The monoisotopic (exact) mass is 218 g/mol. The molecule has 0 radical (unpaired) electrons. The highest BCUT2D eigenvalue weighted by Crippen LogP contribution is 2.29. The van der Waals surface area contributed by atoms with E-state index in [4.69, 9.17) is 0 Å². The molecule has 0 aromatic carbocycles. The Morgan fingerprint density at radius 2 is 2.00 bits per heavy atom. The zero-order valence-corrected chi connectivity index (χ0v) is 8.84. The second-order valence-corrected chi connectivity index (χ2v) is 5.68. The normalized spacial score (nSPS) is 12.0. The summed E-state index contributed by atoms with van der Waals surface area (Å²) >= 11 is 5.19. The lowest BCUT2D eigenvalue weighted by molar-refractivity contribution is 0.592. The van der Waals surface area contributed by atoms with E-state index in [0.29, 0.717) is 5.41 Å². The molecule has 0 aliphatic rings. The fraction of sp³-hybridized carbons (Fsp3) is 0.500. The molecule has 2 heteroatoms. The summed E-state index contributed by atoms with van der Waals surface area (Å²) in [5.74, 6) is 0. The summed E-state index contributed by atoms with van der Waals surface area (Å²) in [6.07, 6.45) is 0. The first-order chi connectivity index (χ1) is 4.50. The van der Waals surface area contributed by atoms with E-state index in [9.17, 15) is 0 Å². The van der Waals surface area contributed by atoms with Crippen molar-refractivity contribution >= 4 is 27.3 Å². The number of halogens is 1. The van der Waals surface area contributed by atoms with Gasteiger partial charge in [0.15, 0.2) is 0 Å². The van der Waals surface area contributed by atoms with Crippen LogP contribution < -0.4 is 0 Å². The van der Waals surface area contributed by atoms with Crippen molar-refractivity contribution in [3.8, 4) is 0 Å². The molecular formula is C8H11BrS. The molecule has 1 rings (SSSR count). The van der Waals surface area contributed by atoms with Gasteiger partial charge in [0.25, 0.3) is 0 Å². The predicted octanol–water partition coefficient (Wildman–Crippen LogP) is 3.81. The second kappa shape index (κ2) is 2.67. The van der Waals surface area contributed by atoms with Crippen LogP contribution in [0.5, 0.6) is 0 Å². The number of hydrogen-bond donors (Lipinski definition) is 0. The molecule has 0 amide bonds. The zero-order chi connectivity index (χ0) is 7.78. The van der Waals surface area contributed by atoms with E-state index in [2.05, 4.69) is 48.1 Å². The van der Waals surface area contributed by atoms with E-state index in [-0.39, 0.29) is 0 Å². The van der Waals surface area contributed by atoms with Crippen LogP contribution in [-0.2, 0) is 5.41 Å². The molecule has 0 fully saturated rings. The molecule has 1 aromatic heterocycles. The van der Waals surface area contributed by atoms with Crippen molar-refractivity contribution in [2.45, 2.75) is 26.2 Å². The van der Waals surface area contributed by atoms with Crippen LogP contribution in [0.25, 0.3) is 0 Å². The van der Waals surface area contributed by atoms with Crippen molar-refractivity contribution in [1.29, 1.82) is 0 Å². The van der Waals surface area contributed by atoms with Crippen LogP contribution in [0.3, 0.4) is 0 Å². The van der Waals surface area contributed by atoms with Gasteiger partial charge in [-0.05, 0) is 38.4 Å². The van der Waals surface area contributed by atoms with E-state index in [1.165, 1.54) is 9.35 Å². The molecule has 0 aliphatic heterocycles. The van der Waals surface area contributed by atoms with Gasteiger partial charge >= 0.3 is 0 Å². The Hall–Kier alpha value is 0.180. The number of hydrogen-bond acceptors (Lipinski definition) is 1. The van der Waals surface area contributed by atoms with E-state index in [1.807, 2.05) is 0 Å². The van der Waals surface area contributed by atoms with Crippen LogP contribution in [-0.4, -0.2) is 0 Å². The average Bonchev–Trinajstić information content (AvgIpc) is 2.11. The molecule has 0 bridgehead atoms. The third kappa shape index (κ3) is 1.83. The molecule has 0 atom stereocenters. The molecule has 0 aliphatic carbocycles. The van der Waals surface area contributed by atoms with Crippen LogP contribution in [0.4, 0.5) is 0 Å². The summed E-state index contributed by atoms with van der Waals surface area (Å²) < 4.78 is 1.22. The SMILES string of the molecule is CC(C)(C)c1csc(Br)c1. The van der Waals surface area contributed by atoms with Gasteiger partial charge in [0.2, 0.25) is 0 Å². The smallest absolute Gasteiger partial charge is 0.0701 e. The number of thiophene rings is 1. The lowest BCUT2D eigenvalue weighted by atomic mass is 9.90. The summed E-state index contributed by atoms with van der Waals surface area (Å²) in [6, 6.07) is 2.19. The van der Waals surface area contributed by atoms with Crippen molar-refractivity contribution in [2.75, 3.05) is 0 Å². The van der Waals surface area contributed by atoms with Gasteiger partial charge in [-0.15, -0.1) is 11.3 Å². The lowest BCUT2D eigenvalue weighted by Gasteiger charge is -2.15. The van der Waals surface area contributed by atoms with Gasteiger partial charge in [0, 0.05) is 0 Å². The first-order valence-electron chi connectivity index (χ1n) is 3.24. The Kier molecular flexibility index (Phi) is 2.21. The molecule has 56 valence electrons. The van der Waals surface area contributed by atoms with Crippen molar-refractivity contribution in [1.82, 2.24) is 0 Å². The van der Waals surface area contributed by atoms with Gasteiger partial charge in [-0.3, -0.25) is 0 Å². The van der Waals surface area contributed by atoms with Crippen molar-refractivity contribution in [3.63, 3.8) is 0 Å². The highest BCUT2D eigenvalue weighted by atomic mass is 79.9. The van der Waals surface area contributed by atoms with Gasteiger partial charge in [0.1, 0.15) is 0 Å². The number of rotatable bonds is 0. The second-order valence-electron chi connectivity index (χ2n) is 3.39. The highest BCUT2D eigenvalue weighted by Gasteiger charge is 2.14. The van der Waals surface area contributed by atoms with Crippen molar-refractivity contribution in [2.24, 2.45) is 0 Å². The van der Waals surface area contributed by atoms with E-state index in [0.717, 1.165) is 0 Å². The van der Waals surface area contributed by atoms with Crippen molar-refractivity contribution in [3.05, 3.63) is 20.8 Å². The minimum atomic E-state index is 0.294. The van der Waals surface area contributed by atoms with E-state index < -0.39 is 0 Å². The molecule has 0 saturated heterocycles. The molecule has 0 nitrogen and oxygen atoms in total. The Morgan fingerprint density at radius 1 is 1.40 bits per heavy atom. The molecule has 1 heterocycles. The Morgan fingerprint density at radius 3 is 2.20 bits per heavy atom. The summed E-state index contributed by atoms with van der Waals surface area (Å²) in [5, 5.41) is 2.20. The summed E-state index contributed by atoms with van der Waals surface area (Å²) in [5.41, 5.74) is 1.70. The van der Waals surface area contributed by atoms with Gasteiger partial charge in [0.05, 0.1) is 3.79 Å². The van der Waals surface area contributed by atoms with Gasteiger partial charge < -0.3 is 0 Å². The molecule has 0 N–H and O–H groups in total. The first kappa shape index (κ1) is 8.28. The molecule has 10 heavy (non-hydrogen) atoms. The van der Waals surface area contributed by atoms with Crippen LogP contribution in [0.1, 0.15) is 26.3 Å². The van der Waals surface area contributed by atoms with Gasteiger partial charge in [-0.25, -0.2) is 0 Å². The summed E-state index contributed by atoms with van der Waals surface area (Å²) in [4.78, 5) is 0. The predicted molar refractivity (Wildman–Crippen MR) is 50.7 cm³/mol. The van der Waals surface area contributed by atoms with Gasteiger partial charge in [-0.2, -0.15) is 0 Å². The topological polar surface area (TPSA) is 0 Å². The third-order valence-corrected chi connectivity index (χ3v) is 2.94. The van der Waals surface area contributed by atoms with Crippen LogP contribution >= 0.6 is 27.3 Å². The molecular weight excluding hydrogens is 208 g/mol. The maximum absolute atomic E-state index is 3.44. The van der Waals surface area contributed by atoms with Crippen molar-refractivity contribution < 1.29 is 0 Å². The quantitative estimate of drug-likeness (QED) is 0.622. The Bertz CT molecular complexity index is 219. The van der Waals surface area contributed by atoms with Crippen LogP contribution in [0.15, 0.2) is 15.2 Å². The minimum Gasteiger partial charge on any atom is -0.137 e. The van der Waals surface area contributed by atoms with E-state index in [1.54, 1.807) is 11.3 Å². The Labute approximate surface area is 74.4 Å². The molecule has 0 unspecified atom stereocenters. The lowest BCUT2D eigenvalue weighted by Crippen LogP contribution is -2.08. The summed E-state index contributed by atoms with van der Waals surface area (Å²) in [6.45, 7) is 6.67. The largest absolute Gasteiger partial charge is 0.137 e. The zero-order valence-electron chi connectivity index (χ0n) is 6.44. The van der Waals surface area contributed by atoms with Crippen LogP contribution in [0, 0.1) is 0 Å². The minimum absolute atomic E-state index is 0.294. The molecule has 0 saturated carbocycles. The molecule has 0 spiro atoms. The van der Waals surface area contributed by atoms with Gasteiger partial charge in [-0.1, -0.05) is 20.8 Å². The van der Waals surface area contributed by atoms with E-state index >= 15 is 0 Å². The summed E-state index contributed by atoms with van der Waals surface area (Å²) in [7, 11) is 0. The first-order valence-corrected chi connectivity index (χ1v) is 4.92.